The number of hydrogen-bond donors (Lipinski definition) is 0. The van der Waals surface area contributed by atoms with Crippen molar-refractivity contribution >= 4 is 11.8 Å². The second kappa shape index (κ2) is 4.25. The van der Waals surface area contributed by atoms with Crippen LogP contribution in [0, 0.1) is 5.41 Å². The number of aliphatic imine (C=N–C) groups is 1. The van der Waals surface area contributed by atoms with Gasteiger partial charge in [0, 0.05) is 17.7 Å². The summed E-state index contributed by atoms with van der Waals surface area (Å²) >= 11 is 0. The molecular formula is C15H19N. The van der Waals surface area contributed by atoms with Gasteiger partial charge < -0.3 is 0 Å². The first kappa shape index (κ1) is 11.1. The lowest BCUT2D eigenvalue weighted by Crippen LogP contribution is -2.19. The predicted octanol–water partition coefficient (Wildman–Crippen LogP) is 3.96. The highest BCUT2D eigenvalue weighted by atomic mass is 14.8. The summed E-state index contributed by atoms with van der Waals surface area (Å²) in [6.07, 6.45) is 3.36. The minimum atomic E-state index is 0.164. The van der Waals surface area contributed by atoms with Crippen molar-refractivity contribution in [1.82, 2.24) is 0 Å². The zero-order chi connectivity index (χ0) is 11.6. The van der Waals surface area contributed by atoms with Crippen LogP contribution in [0.5, 0.6) is 0 Å². The third kappa shape index (κ3) is 2.41. The Balaban J connectivity index is 2.30. The zero-order valence-electron chi connectivity index (χ0n) is 10.3. The van der Waals surface area contributed by atoms with Crippen molar-refractivity contribution in [1.29, 1.82) is 0 Å². The molecule has 1 aromatic carbocycles. The first-order chi connectivity index (χ1) is 7.57. The molecule has 0 radical (unpaired) electrons. The SMILES string of the molecule is CC(C)(C)C1=NCC/C1=C\c1ccccc1. The van der Waals surface area contributed by atoms with Crippen LogP contribution in [0.1, 0.15) is 32.8 Å². The van der Waals surface area contributed by atoms with Crippen LogP contribution in [0.15, 0.2) is 40.9 Å². The van der Waals surface area contributed by atoms with Gasteiger partial charge in [-0.1, -0.05) is 51.1 Å². The molecule has 0 aliphatic carbocycles. The lowest BCUT2D eigenvalue weighted by molar-refractivity contribution is 0.593. The molecule has 0 saturated carbocycles. The fourth-order valence-electron chi connectivity index (χ4n) is 2.12. The molecule has 1 heterocycles. The topological polar surface area (TPSA) is 12.4 Å². The third-order valence-corrected chi connectivity index (χ3v) is 2.81. The molecule has 0 bridgehead atoms. The molecule has 1 nitrogen and oxygen atoms in total. The number of rotatable bonds is 1. The van der Waals surface area contributed by atoms with Crippen LogP contribution in [-0.4, -0.2) is 12.3 Å². The first-order valence-electron chi connectivity index (χ1n) is 5.88. The maximum atomic E-state index is 4.63. The summed E-state index contributed by atoms with van der Waals surface area (Å²) in [6, 6.07) is 10.5. The molecule has 16 heavy (non-hydrogen) atoms. The van der Waals surface area contributed by atoms with E-state index in [2.05, 4.69) is 62.2 Å². The van der Waals surface area contributed by atoms with Gasteiger partial charge in [0.15, 0.2) is 0 Å². The number of benzene rings is 1. The maximum absolute atomic E-state index is 4.63. The highest BCUT2D eigenvalue weighted by molar-refractivity contribution is 6.08. The van der Waals surface area contributed by atoms with Crippen LogP contribution in [0.3, 0.4) is 0 Å². The smallest absolute Gasteiger partial charge is 0.0434 e. The van der Waals surface area contributed by atoms with Crippen molar-refractivity contribution in [3.8, 4) is 0 Å². The van der Waals surface area contributed by atoms with E-state index in [4.69, 9.17) is 0 Å². The van der Waals surface area contributed by atoms with Crippen molar-refractivity contribution in [2.45, 2.75) is 27.2 Å². The molecule has 0 saturated heterocycles. The van der Waals surface area contributed by atoms with Crippen LogP contribution in [-0.2, 0) is 0 Å². The molecule has 0 spiro atoms. The summed E-state index contributed by atoms with van der Waals surface area (Å²) in [5, 5.41) is 0. The summed E-state index contributed by atoms with van der Waals surface area (Å²) < 4.78 is 0. The minimum absolute atomic E-state index is 0.164. The van der Waals surface area contributed by atoms with E-state index in [0.717, 1.165) is 13.0 Å². The zero-order valence-corrected chi connectivity index (χ0v) is 10.3. The van der Waals surface area contributed by atoms with E-state index in [1.54, 1.807) is 0 Å². The Hall–Kier alpha value is -1.37. The van der Waals surface area contributed by atoms with E-state index in [-0.39, 0.29) is 5.41 Å². The summed E-state index contributed by atoms with van der Waals surface area (Å²) in [7, 11) is 0. The van der Waals surface area contributed by atoms with E-state index in [1.807, 2.05) is 0 Å². The van der Waals surface area contributed by atoms with Crippen molar-refractivity contribution in [3.05, 3.63) is 41.5 Å². The quantitative estimate of drug-likeness (QED) is 0.669. The van der Waals surface area contributed by atoms with Gasteiger partial charge in [-0.3, -0.25) is 4.99 Å². The molecule has 0 fully saturated rings. The van der Waals surface area contributed by atoms with Gasteiger partial charge in [-0.05, 0) is 23.6 Å². The lowest BCUT2D eigenvalue weighted by atomic mass is 9.85. The summed E-state index contributed by atoms with van der Waals surface area (Å²) in [4.78, 5) is 4.63. The summed E-state index contributed by atoms with van der Waals surface area (Å²) in [5.74, 6) is 0. The third-order valence-electron chi connectivity index (χ3n) is 2.81. The Morgan fingerprint density at radius 3 is 2.44 bits per heavy atom. The van der Waals surface area contributed by atoms with E-state index in [1.165, 1.54) is 16.8 Å². The highest BCUT2D eigenvalue weighted by Gasteiger charge is 2.25. The average Bonchev–Trinajstić information content (AvgIpc) is 2.67. The lowest BCUT2D eigenvalue weighted by Gasteiger charge is -2.20. The van der Waals surface area contributed by atoms with Crippen molar-refractivity contribution < 1.29 is 0 Å². The summed E-state index contributed by atoms with van der Waals surface area (Å²) in [5.41, 5.74) is 4.11. The van der Waals surface area contributed by atoms with Gasteiger partial charge in [0.25, 0.3) is 0 Å². The Kier molecular flexibility index (Phi) is 2.95. The van der Waals surface area contributed by atoms with E-state index in [0.29, 0.717) is 0 Å². The normalized spacial score (nSPS) is 18.9. The van der Waals surface area contributed by atoms with Gasteiger partial charge in [0.05, 0.1) is 0 Å². The Morgan fingerprint density at radius 1 is 1.12 bits per heavy atom. The Bertz CT molecular complexity index is 418. The van der Waals surface area contributed by atoms with Crippen LogP contribution in [0.2, 0.25) is 0 Å². The summed E-state index contributed by atoms with van der Waals surface area (Å²) in [6.45, 7) is 7.65. The van der Waals surface area contributed by atoms with Crippen molar-refractivity contribution in [3.63, 3.8) is 0 Å². The van der Waals surface area contributed by atoms with Crippen LogP contribution in [0.4, 0.5) is 0 Å². The van der Waals surface area contributed by atoms with E-state index < -0.39 is 0 Å². The second-order valence-electron chi connectivity index (χ2n) is 5.31. The molecule has 1 aliphatic rings. The largest absolute Gasteiger partial charge is 0.289 e. The Labute approximate surface area is 97.9 Å². The molecule has 0 N–H and O–H groups in total. The molecular weight excluding hydrogens is 194 g/mol. The number of nitrogens with zero attached hydrogens (tertiary/aromatic N) is 1. The molecule has 84 valence electrons. The van der Waals surface area contributed by atoms with Crippen molar-refractivity contribution in [2.75, 3.05) is 6.54 Å². The molecule has 2 rings (SSSR count). The molecule has 1 heteroatoms. The van der Waals surface area contributed by atoms with Crippen molar-refractivity contribution in [2.24, 2.45) is 10.4 Å². The van der Waals surface area contributed by atoms with Gasteiger partial charge in [-0.25, -0.2) is 0 Å². The van der Waals surface area contributed by atoms with Gasteiger partial charge in [-0.15, -0.1) is 0 Å². The maximum Gasteiger partial charge on any atom is 0.0434 e. The van der Waals surface area contributed by atoms with Gasteiger partial charge in [0.1, 0.15) is 0 Å². The van der Waals surface area contributed by atoms with Gasteiger partial charge >= 0.3 is 0 Å². The molecule has 1 aliphatic heterocycles. The van der Waals surface area contributed by atoms with Gasteiger partial charge in [-0.2, -0.15) is 0 Å². The minimum Gasteiger partial charge on any atom is -0.289 e. The molecule has 0 aromatic heterocycles. The Morgan fingerprint density at radius 2 is 1.81 bits per heavy atom. The first-order valence-corrected chi connectivity index (χ1v) is 5.88. The van der Waals surface area contributed by atoms with Crippen LogP contribution >= 0.6 is 0 Å². The highest BCUT2D eigenvalue weighted by Crippen LogP contribution is 2.28. The monoisotopic (exact) mass is 213 g/mol. The van der Waals surface area contributed by atoms with E-state index >= 15 is 0 Å². The molecule has 0 atom stereocenters. The molecule has 1 aromatic rings. The van der Waals surface area contributed by atoms with Crippen LogP contribution in [0.25, 0.3) is 6.08 Å². The van der Waals surface area contributed by atoms with Gasteiger partial charge in [0.2, 0.25) is 0 Å². The average molecular weight is 213 g/mol. The fraction of sp³-hybridized carbons (Fsp3) is 0.400. The fourth-order valence-corrected chi connectivity index (χ4v) is 2.12. The second-order valence-corrected chi connectivity index (χ2v) is 5.31. The van der Waals surface area contributed by atoms with E-state index in [9.17, 15) is 0 Å². The standard InChI is InChI=1S/C15H19N/c1-15(2,3)14-13(9-10-16-14)11-12-7-5-4-6-8-12/h4-8,11H,9-10H2,1-3H3/b13-11+. The predicted molar refractivity (Wildman–Crippen MR) is 70.8 cm³/mol. The number of hydrogen-bond acceptors (Lipinski definition) is 1. The van der Waals surface area contributed by atoms with Crippen LogP contribution < -0.4 is 0 Å². The molecule has 0 unspecified atom stereocenters. The molecule has 0 amide bonds.